The van der Waals surface area contributed by atoms with Gasteiger partial charge in [-0.05, 0) is 34.8 Å². The Hall–Kier alpha value is -3.26. The van der Waals surface area contributed by atoms with Crippen molar-refractivity contribution >= 4 is 11.9 Å². The molecule has 0 saturated carbocycles. The SMILES string of the molecule is COc1cc(/C=C(\C#N)C(=O)c2ccc(C(C)(C)C)cc2)cc2c1OCCO2. The van der Waals surface area contributed by atoms with Crippen LogP contribution < -0.4 is 14.2 Å². The molecule has 144 valence electrons. The number of nitriles is 1. The molecule has 0 atom stereocenters. The monoisotopic (exact) mass is 377 g/mol. The van der Waals surface area contributed by atoms with Crippen LogP contribution in [-0.4, -0.2) is 26.1 Å². The topological polar surface area (TPSA) is 68.5 Å². The summed E-state index contributed by atoms with van der Waals surface area (Å²) in [7, 11) is 1.54. The van der Waals surface area contributed by atoms with Crippen molar-refractivity contribution < 1.29 is 19.0 Å². The first-order valence-corrected chi connectivity index (χ1v) is 9.08. The minimum absolute atomic E-state index is 0.00275. The molecule has 1 heterocycles. The van der Waals surface area contributed by atoms with Crippen molar-refractivity contribution in [2.75, 3.05) is 20.3 Å². The molecule has 2 aromatic carbocycles. The average molecular weight is 377 g/mol. The number of allylic oxidation sites excluding steroid dienone is 1. The second kappa shape index (κ2) is 7.77. The van der Waals surface area contributed by atoms with Crippen LogP contribution in [0, 0.1) is 11.3 Å². The number of ether oxygens (including phenoxy) is 3. The molecule has 1 aliphatic rings. The number of Topliss-reactive ketones (excluding diaryl/α,β-unsaturated/α-hetero) is 1. The Morgan fingerprint density at radius 1 is 1.14 bits per heavy atom. The molecule has 0 spiro atoms. The zero-order chi connectivity index (χ0) is 20.3. The van der Waals surface area contributed by atoms with Gasteiger partial charge in [-0.3, -0.25) is 4.79 Å². The first-order chi connectivity index (χ1) is 13.3. The van der Waals surface area contributed by atoms with Gasteiger partial charge in [0.15, 0.2) is 11.5 Å². The molecule has 0 aromatic heterocycles. The van der Waals surface area contributed by atoms with Crippen LogP contribution >= 0.6 is 0 Å². The van der Waals surface area contributed by atoms with Gasteiger partial charge in [0.05, 0.1) is 7.11 Å². The van der Waals surface area contributed by atoms with E-state index in [1.54, 1.807) is 30.3 Å². The van der Waals surface area contributed by atoms with Gasteiger partial charge in [0.1, 0.15) is 24.9 Å². The summed E-state index contributed by atoms with van der Waals surface area (Å²) in [5.74, 6) is 1.25. The van der Waals surface area contributed by atoms with Gasteiger partial charge in [-0.2, -0.15) is 5.26 Å². The highest BCUT2D eigenvalue weighted by molar-refractivity contribution is 6.14. The summed E-state index contributed by atoms with van der Waals surface area (Å²) in [6, 6.07) is 12.8. The third-order valence-corrected chi connectivity index (χ3v) is 4.54. The van der Waals surface area contributed by atoms with Crippen LogP contribution in [0.1, 0.15) is 42.3 Å². The quantitative estimate of drug-likeness (QED) is 0.444. The standard InChI is InChI=1S/C23H23NO4/c1-23(2,3)18-7-5-16(6-8-18)21(25)17(14-24)11-15-12-19(26-4)22-20(13-15)27-9-10-28-22/h5-8,11-13H,9-10H2,1-4H3/b17-11+. The third kappa shape index (κ3) is 4.01. The van der Waals surface area contributed by atoms with Crippen molar-refractivity contribution in [3.05, 3.63) is 58.7 Å². The van der Waals surface area contributed by atoms with Crippen molar-refractivity contribution in [3.8, 4) is 23.3 Å². The molecule has 0 aliphatic carbocycles. The molecule has 0 amide bonds. The van der Waals surface area contributed by atoms with Crippen LogP contribution in [0.5, 0.6) is 17.2 Å². The number of methoxy groups -OCH3 is 1. The molecule has 5 heteroatoms. The Bertz CT molecular complexity index is 943. The van der Waals surface area contributed by atoms with Crippen LogP contribution in [0.2, 0.25) is 0 Å². The van der Waals surface area contributed by atoms with Gasteiger partial charge in [0.2, 0.25) is 11.5 Å². The fraction of sp³-hybridized carbons (Fsp3) is 0.304. The average Bonchev–Trinajstić information content (AvgIpc) is 2.70. The van der Waals surface area contributed by atoms with Crippen molar-refractivity contribution in [3.63, 3.8) is 0 Å². The lowest BCUT2D eigenvalue weighted by Gasteiger charge is -2.21. The predicted octanol–water partition coefficient (Wildman–Crippen LogP) is 4.55. The van der Waals surface area contributed by atoms with Crippen molar-refractivity contribution in [1.82, 2.24) is 0 Å². The molecule has 2 aromatic rings. The molecule has 0 N–H and O–H groups in total. The zero-order valence-corrected chi connectivity index (χ0v) is 16.5. The van der Waals surface area contributed by atoms with Gasteiger partial charge >= 0.3 is 0 Å². The number of fused-ring (bicyclic) bond motifs is 1. The number of rotatable bonds is 4. The molecular formula is C23H23NO4. The van der Waals surface area contributed by atoms with E-state index in [1.165, 1.54) is 7.11 Å². The van der Waals surface area contributed by atoms with E-state index in [2.05, 4.69) is 20.8 Å². The maximum atomic E-state index is 12.8. The summed E-state index contributed by atoms with van der Waals surface area (Å²) < 4.78 is 16.6. The fourth-order valence-electron chi connectivity index (χ4n) is 2.97. The highest BCUT2D eigenvalue weighted by atomic mass is 16.6. The van der Waals surface area contributed by atoms with E-state index in [0.717, 1.165) is 5.56 Å². The summed E-state index contributed by atoms with van der Waals surface area (Å²) >= 11 is 0. The highest BCUT2D eigenvalue weighted by Crippen LogP contribution is 2.40. The minimum atomic E-state index is -0.322. The number of carbonyl (C=O) groups excluding carboxylic acids is 1. The van der Waals surface area contributed by atoms with Gasteiger partial charge in [-0.1, -0.05) is 45.0 Å². The van der Waals surface area contributed by atoms with Crippen LogP contribution in [-0.2, 0) is 5.41 Å². The van der Waals surface area contributed by atoms with E-state index in [1.807, 2.05) is 18.2 Å². The van der Waals surface area contributed by atoms with Crippen LogP contribution in [0.4, 0.5) is 0 Å². The van der Waals surface area contributed by atoms with Gasteiger partial charge in [0, 0.05) is 5.56 Å². The highest BCUT2D eigenvalue weighted by Gasteiger charge is 2.20. The lowest BCUT2D eigenvalue weighted by Crippen LogP contribution is -2.16. The summed E-state index contributed by atoms with van der Waals surface area (Å²) in [6.45, 7) is 7.22. The van der Waals surface area contributed by atoms with Crippen molar-refractivity contribution in [2.45, 2.75) is 26.2 Å². The van der Waals surface area contributed by atoms with Crippen LogP contribution in [0.25, 0.3) is 6.08 Å². The number of benzene rings is 2. The van der Waals surface area contributed by atoms with E-state index in [9.17, 15) is 10.1 Å². The second-order valence-electron chi connectivity index (χ2n) is 7.57. The summed E-state index contributed by atoms with van der Waals surface area (Å²) in [5.41, 5.74) is 2.28. The van der Waals surface area contributed by atoms with Gasteiger partial charge in [-0.25, -0.2) is 0 Å². The fourth-order valence-corrected chi connectivity index (χ4v) is 2.97. The predicted molar refractivity (Wildman–Crippen MR) is 107 cm³/mol. The molecule has 0 radical (unpaired) electrons. The molecule has 0 unspecified atom stereocenters. The third-order valence-electron chi connectivity index (χ3n) is 4.54. The molecule has 0 saturated heterocycles. The Balaban J connectivity index is 1.94. The Kier molecular flexibility index (Phi) is 5.41. The van der Waals surface area contributed by atoms with E-state index in [0.29, 0.717) is 41.6 Å². The first-order valence-electron chi connectivity index (χ1n) is 9.08. The normalized spacial score (nSPS) is 13.6. The van der Waals surface area contributed by atoms with Gasteiger partial charge in [-0.15, -0.1) is 0 Å². The number of nitrogens with zero attached hydrogens (tertiary/aromatic N) is 1. The maximum absolute atomic E-state index is 12.8. The van der Waals surface area contributed by atoms with Crippen LogP contribution in [0.3, 0.4) is 0 Å². The molecule has 3 rings (SSSR count). The minimum Gasteiger partial charge on any atom is -0.493 e. The summed E-state index contributed by atoms with van der Waals surface area (Å²) in [4.78, 5) is 12.8. The smallest absolute Gasteiger partial charge is 0.203 e. The summed E-state index contributed by atoms with van der Waals surface area (Å²) in [5, 5.41) is 9.54. The lowest BCUT2D eigenvalue weighted by atomic mass is 9.86. The number of hydrogen-bond donors (Lipinski definition) is 0. The first kappa shape index (κ1) is 19.5. The second-order valence-corrected chi connectivity index (χ2v) is 7.57. The summed E-state index contributed by atoms with van der Waals surface area (Å²) in [6.07, 6.45) is 1.54. The molecule has 5 nitrogen and oxygen atoms in total. The van der Waals surface area contributed by atoms with E-state index < -0.39 is 0 Å². The molecular weight excluding hydrogens is 354 g/mol. The lowest BCUT2D eigenvalue weighted by molar-refractivity contribution is 0.104. The molecule has 1 aliphatic heterocycles. The van der Waals surface area contributed by atoms with Crippen molar-refractivity contribution in [1.29, 1.82) is 5.26 Å². The molecule has 28 heavy (non-hydrogen) atoms. The van der Waals surface area contributed by atoms with Gasteiger partial charge < -0.3 is 14.2 Å². The number of ketones is 1. The zero-order valence-electron chi connectivity index (χ0n) is 16.5. The molecule has 0 fully saturated rings. The number of hydrogen-bond acceptors (Lipinski definition) is 5. The van der Waals surface area contributed by atoms with E-state index >= 15 is 0 Å². The van der Waals surface area contributed by atoms with Crippen molar-refractivity contribution in [2.24, 2.45) is 0 Å². The van der Waals surface area contributed by atoms with E-state index in [-0.39, 0.29) is 16.8 Å². The van der Waals surface area contributed by atoms with Crippen LogP contribution in [0.15, 0.2) is 42.0 Å². The Morgan fingerprint density at radius 2 is 1.82 bits per heavy atom. The maximum Gasteiger partial charge on any atom is 0.203 e. The molecule has 0 bridgehead atoms. The van der Waals surface area contributed by atoms with E-state index in [4.69, 9.17) is 14.2 Å². The largest absolute Gasteiger partial charge is 0.493 e. The Morgan fingerprint density at radius 3 is 2.43 bits per heavy atom. The number of carbonyl (C=O) groups is 1. The van der Waals surface area contributed by atoms with Gasteiger partial charge in [0.25, 0.3) is 0 Å². The Labute approximate surface area is 165 Å².